The molecule has 0 unspecified atom stereocenters. The molecule has 1 aromatic heterocycles. The highest BCUT2D eigenvalue weighted by Gasteiger charge is 2.11. The Labute approximate surface area is 134 Å². The zero-order valence-electron chi connectivity index (χ0n) is 12.3. The van der Waals surface area contributed by atoms with E-state index in [9.17, 15) is 4.79 Å². The number of furan rings is 1. The lowest BCUT2D eigenvalue weighted by Crippen LogP contribution is -2.30. The Morgan fingerprint density at radius 3 is 2.55 bits per heavy atom. The van der Waals surface area contributed by atoms with E-state index < -0.39 is 5.91 Å². The van der Waals surface area contributed by atoms with Gasteiger partial charge in [0.1, 0.15) is 23.2 Å². The van der Waals surface area contributed by atoms with E-state index in [2.05, 4.69) is 5.32 Å². The molecule has 2 rings (SSSR count). The van der Waals surface area contributed by atoms with Gasteiger partial charge in [-0.1, -0.05) is 11.6 Å². The molecular weight excluding hydrogens is 300 g/mol. The van der Waals surface area contributed by atoms with E-state index in [-0.39, 0.29) is 11.6 Å². The number of nitrogens with zero attached hydrogens (tertiary/aromatic N) is 1. The summed E-state index contributed by atoms with van der Waals surface area (Å²) in [6, 6.07) is 12.6. The molecule has 22 heavy (non-hydrogen) atoms. The van der Waals surface area contributed by atoms with Crippen LogP contribution < -0.4 is 5.32 Å². The molecule has 1 N–H and O–H groups in total. The van der Waals surface area contributed by atoms with Crippen LogP contribution in [0.4, 0.5) is 0 Å². The Kier molecular flexibility index (Phi) is 5.03. The van der Waals surface area contributed by atoms with Crippen LogP contribution in [0.15, 0.2) is 46.4 Å². The molecule has 0 fully saturated rings. The van der Waals surface area contributed by atoms with Crippen LogP contribution in [0.2, 0.25) is 5.02 Å². The van der Waals surface area contributed by atoms with Gasteiger partial charge in [-0.25, -0.2) is 0 Å². The van der Waals surface area contributed by atoms with E-state index in [4.69, 9.17) is 21.3 Å². The topological polar surface area (TPSA) is 66.0 Å². The van der Waals surface area contributed by atoms with Crippen LogP contribution in [0.5, 0.6) is 0 Å². The summed E-state index contributed by atoms with van der Waals surface area (Å²) in [5, 5.41) is 12.4. The monoisotopic (exact) mass is 314 g/mol. The molecule has 0 radical (unpaired) electrons. The molecule has 0 aliphatic carbocycles. The third-order valence-corrected chi connectivity index (χ3v) is 3.08. The molecule has 0 aliphatic heterocycles. The molecule has 0 bridgehead atoms. The quantitative estimate of drug-likeness (QED) is 0.684. The normalized spacial score (nSPS) is 11.3. The van der Waals surface area contributed by atoms with Crippen molar-refractivity contribution in [2.24, 2.45) is 0 Å². The van der Waals surface area contributed by atoms with Gasteiger partial charge in [0.2, 0.25) is 0 Å². The Balaban J connectivity index is 2.23. The zero-order chi connectivity index (χ0) is 16.1. The van der Waals surface area contributed by atoms with Crippen molar-refractivity contribution in [2.45, 2.75) is 19.9 Å². The molecule has 0 atom stereocenters. The summed E-state index contributed by atoms with van der Waals surface area (Å²) in [5.74, 6) is 0.673. The van der Waals surface area contributed by atoms with Crippen LogP contribution in [0.3, 0.4) is 0 Å². The van der Waals surface area contributed by atoms with E-state index in [0.717, 1.165) is 5.56 Å². The van der Waals surface area contributed by atoms with Crippen LogP contribution in [-0.4, -0.2) is 11.9 Å². The first-order valence-corrected chi connectivity index (χ1v) is 7.16. The van der Waals surface area contributed by atoms with Crippen molar-refractivity contribution in [1.29, 1.82) is 5.26 Å². The second kappa shape index (κ2) is 6.97. The van der Waals surface area contributed by atoms with Crippen molar-refractivity contribution in [3.8, 4) is 17.4 Å². The van der Waals surface area contributed by atoms with Crippen LogP contribution in [0.1, 0.15) is 19.6 Å². The number of rotatable bonds is 4. The van der Waals surface area contributed by atoms with Crippen LogP contribution in [-0.2, 0) is 4.79 Å². The molecule has 0 saturated carbocycles. The Morgan fingerprint density at radius 1 is 1.27 bits per heavy atom. The Hall–Kier alpha value is -2.51. The SMILES string of the molecule is CC(C)NC(=O)/C(C#N)=C\c1ccc(-c2ccc(Cl)cc2)o1. The number of benzene rings is 1. The van der Waals surface area contributed by atoms with Crippen molar-refractivity contribution < 1.29 is 9.21 Å². The van der Waals surface area contributed by atoms with Gasteiger partial charge in [0.25, 0.3) is 5.91 Å². The van der Waals surface area contributed by atoms with Gasteiger partial charge < -0.3 is 9.73 Å². The van der Waals surface area contributed by atoms with Crippen molar-refractivity contribution in [1.82, 2.24) is 5.32 Å². The number of carbonyl (C=O) groups excluding carboxylic acids is 1. The van der Waals surface area contributed by atoms with Crippen molar-refractivity contribution in [2.75, 3.05) is 0 Å². The molecule has 0 spiro atoms. The lowest BCUT2D eigenvalue weighted by Gasteiger charge is -2.06. The van der Waals surface area contributed by atoms with Crippen molar-refractivity contribution >= 4 is 23.6 Å². The van der Waals surface area contributed by atoms with E-state index >= 15 is 0 Å². The molecule has 5 heteroatoms. The summed E-state index contributed by atoms with van der Waals surface area (Å²) in [6.07, 6.45) is 1.43. The molecule has 0 aliphatic rings. The van der Waals surface area contributed by atoms with Crippen molar-refractivity contribution in [3.05, 3.63) is 52.8 Å². The second-order valence-corrected chi connectivity index (χ2v) is 5.44. The highest BCUT2D eigenvalue weighted by molar-refractivity contribution is 6.30. The predicted octanol–water partition coefficient (Wildman–Crippen LogP) is 4.03. The first-order chi connectivity index (χ1) is 10.5. The van der Waals surface area contributed by atoms with Gasteiger partial charge in [-0.2, -0.15) is 5.26 Å². The van der Waals surface area contributed by atoms with Gasteiger partial charge in [-0.05, 0) is 50.2 Å². The summed E-state index contributed by atoms with van der Waals surface area (Å²) in [5.41, 5.74) is 0.875. The smallest absolute Gasteiger partial charge is 0.262 e. The number of carbonyl (C=O) groups is 1. The number of nitriles is 1. The van der Waals surface area contributed by atoms with E-state index in [1.54, 1.807) is 24.3 Å². The fourth-order valence-corrected chi connectivity index (χ4v) is 1.96. The highest BCUT2D eigenvalue weighted by atomic mass is 35.5. The number of halogens is 1. The highest BCUT2D eigenvalue weighted by Crippen LogP contribution is 2.24. The van der Waals surface area contributed by atoms with Crippen LogP contribution in [0, 0.1) is 11.3 Å². The number of hydrogen-bond donors (Lipinski definition) is 1. The van der Waals surface area contributed by atoms with Crippen LogP contribution in [0.25, 0.3) is 17.4 Å². The van der Waals surface area contributed by atoms with E-state index in [1.165, 1.54) is 6.08 Å². The summed E-state index contributed by atoms with van der Waals surface area (Å²) in [4.78, 5) is 11.8. The number of hydrogen-bond acceptors (Lipinski definition) is 3. The Morgan fingerprint density at radius 2 is 1.95 bits per heavy atom. The minimum Gasteiger partial charge on any atom is -0.457 e. The minimum atomic E-state index is -0.415. The molecule has 2 aromatic rings. The van der Waals surface area contributed by atoms with E-state index in [1.807, 2.05) is 32.0 Å². The Bertz CT molecular complexity index is 737. The third kappa shape index (κ3) is 4.00. The maximum absolute atomic E-state index is 11.8. The molecule has 4 nitrogen and oxygen atoms in total. The fraction of sp³-hybridized carbons (Fsp3) is 0.176. The predicted molar refractivity (Wildman–Crippen MR) is 86.0 cm³/mol. The lowest BCUT2D eigenvalue weighted by molar-refractivity contribution is -0.117. The van der Waals surface area contributed by atoms with Gasteiger partial charge in [-0.3, -0.25) is 4.79 Å². The van der Waals surface area contributed by atoms with E-state index in [0.29, 0.717) is 16.5 Å². The molecule has 0 saturated heterocycles. The standard InChI is InChI=1S/C17H15ClN2O2/c1-11(2)20-17(21)13(10-19)9-15-7-8-16(22-15)12-3-5-14(18)6-4-12/h3-9,11H,1-2H3,(H,20,21)/b13-9-. The minimum absolute atomic E-state index is 0.00528. The first kappa shape index (κ1) is 15.9. The third-order valence-electron chi connectivity index (χ3n) is 2.83. The van der Waals surface area contributed by atoms with Crippen molar-refractivity contribution in [3.63, 3.8) is 0 Å². The molecule has 1 heterocycles. The number of amides is 1. The molecular formula is C17H15ClN2O2. The second-order valence-electron chi connectivity index (χ2n) is 5.01. The average Bonchev–Trinajstić information content (AvgIpc) is 2.93. The maximum Gasteiger partial charge on any atom is 0.262 e. The summed E-state index contributed by atoms with van der Waals surface area (Å²) in [7, 11) is 0. The van der Waals surface area contributed by atoms with Crippen LogP contribution >= 0.6 is 11.6 Å². The zero-order valence-corrected chi connectivity index (χ0v) is 13.0. The van der Waals surface area contributed by atoms with Gasteiger partial charge in [0.15, 0.2) is 0 Å². The largest absolute Gasteiger partial charge is 0.457 e. The fourth-order valence-electron chi connectivity index (χ4n) is 1.83. The summed E-state index contributed by atoms with van der Waals surface area (Å²) >= 11 is 5.85. The van der Waals surface area contributed by atoms with Gasteiger partial charge in [0.05, 0.1) is 0 Å². The van der Waals surface area contributed by atoms with Gasteiger partial charge in [0, 0.05) is 22.7 Å². The molecule has 1 amide bonds. The first-order valence-electron chi connectivity index (χ1n) is 6.78. The maximum atomic E-state index is 11.8. The van der Waals surface area contributed by atoms with Gasteiger partial charge in [-0.15, -0.1) is 0 Å². The average molecular weight is 315 g/mol. The molecule has 1 aromatic carbocycles. The summed E-state index contributed by atoms with van der Waals surface area (Å²) in [6.45, 7) is 3.66. The summed E-state index contributed by atoms with van der Waals surface area (Å²) < 4.78 is 5.65. The molecule has 112 valence electrons. The number of nitrogens with one attached hydrogen (secondary N) is 1. The van der Waals surface area contributed by atoms with Gasteiger partial charge >= 0.3 is 0 Å². The lowest BCUT2D eigenvalue weighted by atomic mass is 10.2.